The van der Waals surface area contributed by atoms with E-state index in [0.717, 1.165) is 34.4 Å². The van der Waals surface area contributed by atoms with Crippen molar-refractivity contribution < 1.29 is 38.1 Å². The monoisotopic (exact) mass is 526 g/mol. The van der Waals surface area contributed by atoms with Crippen molar-refractivity contribution in [3.63, 3.8) is 0 Å². The lowest BCUT2D eigenvalue weighted by Crippen LogP contribution is -2.08. The van der Waals surface area contributed by atoms with Gasteiger partial charge in [0.25, 0.3) is 0 Å². The number of ether oxygens (including phenoxy) is 5. The van der Waals surface area contributed by atoms with Gasteiger partial charge in [0, 0.05) is 23.6 Å². The normalized spacial score (nSPS) is 9.79. The van der Waals surface area contributed by atoms with Gasteiger partial charge in [0.15, 0.2) is 0 Å². The van der Waals surface area contributed by atoms with E-state index in [1.54, 1.807) is 43.3 Å². The number of hydrogen-bond donors (Lipinski definition) is 0. The standard InChI is InChI=1S/C31H26O8/c1-5-29(32)37-19-35-27-14-7-23(17-21(27)3)8-16-31(34)39-26-12-9-24(10-13-26)25-11-15-28(22(4)18-25)36-20-38-30(33)6-2/h5-7,9-15,17-18H,1-2,19-20H2,3-4H3. The van der Waals surface area contributed by atoms with Crippen LogP contribution in [0.1, 0.15) is 16.7 Å². The molecule has 0 N–H and O–H groups in total. The second kappa shape index (κ2) is 13.9. The van der Waals surface area contributed by atoms with Crippen molar-refractivity contribution in [3.8, 4) is 40.2 Å². The summed E-state index contributed by atoms with van der Waals surface area (Å²) in [5.41, 5.74) is 4.05. The Kier molecular flexibility index (Phi) is 10.1. The maximum absolute atomic E-state index is 12.2. The van der Waals surface area contributed by atoms with Gasteiger partial charge in [0.05, 0.1) is 0 Å². The maximum atomic E-state index is 12.2. The van der Waals surface area contributed by atoms with Crippen molar-refractivity contribution >= 4 is 17.9 Å². The number of benzene rings is 3. The minimum Gasteiger partial charge on any atom is -0.457 e. The van der Waals surface area contributed by atoms with E-state index in [2.05, 4.69) is 25.0 Å². The van der Waals surface area contributed by atoms with Gasteiger partial charge in [-0.1, -0.05) is 37.3 Å². The van der Waals surface area contributed by atoms with E-state index in [-0.39, 0.29) is 13.6 Å². The van der Waals surface area contributed by atoms with Crippen molar-refractivity contribution in [3.05, 3.63) is 103 Å². The first-order chi connectivity index (χ1) is 18.8. The highest BCUT2D eigenvalue weighted by Gasteiger charge is 2.07. The first-order valence-electron chi connectivity index (χ1n) is 11.7. The number of aryl methyl sites for hydroxylation is 2. The average Bonchev–Trinajstić information content (AvgIpc) is 2.94. The van der Waals surface area contributed by atoms with Gasteiger partial charge in [-0.2, -0.15) is 0 Å². The van der Waals surface area contributed by atoms with Gasteiger partial charge in [-0.05, 0) is 78.6 Å². The molecule has 0 aromatic heterocycles. The molecule has 0 heterocycles. The summed E-state index contributed by atoms with van der Waals surface area (Å²) >= 11 is 0. The van der Waals surface area contributed by atoms with Gasteiger partial charge in [-0.25, -0.2) is 14.4 Å². The zero-order valence-electron chi connectivity index (χ0n) is 21.5. The third kappa shape index (κ3) is 8.65. The van der Waals surface area contributed by atoms with E-state index in [0.29, 0.717) is 22.8 Å². The van der Waals surface area contributed by atoms with Gasteiger partial charge < -0.3 is 23.7 Å². The molecule has 0 unspecified atom stereocenters. The van der Waals surface area contributed by atoms with E-state index < -0.39 is 17.9 Å². The summed E-state index contributed by atoms with van der Waals surface area (Å²) in [6, 6.07) is 17.7. The van der Waals surface area contributed by atoms with Crippen LogP contribution in [0.15, 0.2) is 86.0 Å². The minimum atomic E-state index is -0.702. The van der Waals surface area contributed by atoms with Crippen LogP contribution in [-0.2, 0) is 23.9 Å². The van der Waals surface area contributed by atoms with Crippen LogP contribution in [0.25, 0.3) is 11.1 Å². The van der Waals surface area contributed by atoms with Gasteiger partial charge in [-0.3, -0.25) is 0 Å². The van der Waals surface area contributed by atoms with Crippen LogP contribution in [0.5, 0.6) is 17.2 Å². The Labute approximate surface area is 226 Å². The number of esters is 3. The van der Waals surface area contributed by atoms with Crippen LogP contribution in [0.2, 0.25) is 0 Å². The molecule has 0 atom stereocenters. The van der Waals surface area contributed by atoms with Crippen LogP contribution < -0.4 is 14.2 Å². The lowest BCUT2D eigenvalue weighted by atomic mass is 10.0. The molecule has 0 radical (unpaired) electrons. The maximum Gasteiger partial charge on any atom is 0.390 e. The molecule has 3 aromatic rings. The van der Waals surface area contributed by atoms with E-state index in [9.17, 15) is 14.4 Å². The van der Waals surface area contributed by atoms with E-state index in [4.69, 9.17) is 23.7 Å². The minimum absolute atomic E-state index is 0.206. The smallest absolute Gasteiger partial charge is 0.390 e. The lowest BCUT2D eigenvalue weighted by Gasteiger charge is -2.11. The fourth-order valence-electron chi connectivity index (χ4n) is 3.27. The Bertz CT molecular complexity index is 1440. The van der Waals surface area contributed by atoms with Gasteiger partial charge in [-0.15, -0.1) is 0 Å². The molecule has 3 aromatic carbocycles. The zero-order chi connectivity index (χ0) is 28.2. The third-order valence-corrected chi connectivity index (χ3v) is 5.22. The molecule has 198 valence electrons. The number of hydrogen-bond acceptors (Lipinski definition) is 8. The first kappa shape index (κ1) is 28.3. The molecule has 0 aliphatic carbocycles. The Morgan fingerprint density at radius 1 is 0.744 bits per heavy atom. The van der Waals surface area contributed by atoms with Crippen LogP contribution in [0, 0.1) is 25.7 Å². The van der Waals surface area contributed by atoms with Crippen LogP contribution in [0.3, 0.4) is 0 Å². The fourth-order valence-corrected chi connectivity index (χ4v) is 3.27. The Morgan fingerprint density at radius 2 is 1.28 bits per heavy atom. The molecule has 0 fully saturated rings. The molecule has 0 saturated heterocycles. The summed E-state index contributed by atoms with van der Waals surface area (Å²) in [6.07, 6.45) is 2.12. The highest BCUT2D eigenvalue weighted by Crippen LogP contribution is 2.28. The summed E-state index contributed by atoms with van der Waals surface area (Å²) < 4.78 is 25.8. The summed E-state index contributed by atoms with van der Waals surface area (Å²) in [5.74, 6) is 4.85. The first-order valence-corrected chi connectivity index (χ1v) is 11.7. The molecular weight excluding hydrogens is 500 g/mol. The Hall–Kier alpha value is -5.29. The topological polar surface area (TPSA) is 97.4 Å². The largest absolute Gasteiger partial charge is 0.457 e. The third-order valence-electron chi connectivity index (χ3n) is 5.22. The van der Waals surface area contributed by atoms with Crippen molar-refractivity contribution in [2.45, 2.75) is 13.8 Å². The predicted molar refractivity (Wildman–Crippen MR) is 144 cm³/mol. The average molecular weight is 527 g/mol. The molecule has 39 heavy (non-hydrogen) atoms. The van der Waals surface area contributed by atoms with Crippen LogP contribution in [-0.4, -0.2) is 31.5 Å². The molecule has 0 amide bonds. The quantitative estimate of drug-likeness (QED) is 0.119. The second-order valence-electron chi connectivity index (χ2n) is 7.98. The summed E-state index contributed by atoms with van der Waals surface area (Å²) in [4.78, 5) is 34.4. The highest BCUT2D eigenvalue weighted by atomic mass is 16.7. The van der Waals surface area contributed by atoms with Crippen molar-refractivity contribution in [2.75, 3.05) is 13.6 Å². The molecule has 0 spiro atoms. The lowest BCUT2D eigenvalue weighted by molar-refractivity contribution is -0.145. The number of rotatable bonds is 10. The van der Waals surface area contributed by atoms with E-state index in [1.165, 1.54) is 0 Å². The molecule has 0 saturated carbocycles. The van der Waals surface area contributed by atoms with Crippen molar-refractivity contribution in [1.82, 2.24) is 0 Å². The molecule has 8 heteroatoms. The van der Waals surface area contributed by atoms with E-state index >= 15 is 0 Å². The van der Waals surface area contributed by atoms with E-state index in [1.807, 2.05) is 31.2 Å². The van der Waals surface area contributed by atoms with Crippen LogP contribution in [0.4, 0.5) is 0 Å². The van der Waals surface area contributed by atoms with Gasteiger partial charge >= 0.3 is 17.9 Å². The second-order valence-corrected chi connectivity index (χ2v) is 7.98. The Balaban J connectivity index is 1.56. The summed E-state index contributed by atoms with van der Waals surface area (Å²) in [5, 5.41) is 0. The molecule has 0 aliphatic heterocycles. The zero-order valence-corrected chi connectivity index (χ0v) is 21.5. The Morgan fingerprint density at radius 3 is 1.82 bits per heavy atom. The van der Waals surface area contributed by atoms with Crippen molar-refractivity contribution in [2.24, 2.45) is 0 Å². The summed E-state index contributed by atoms with van der Waals surface area (Å²) in [6.45, 7) is 9.88. The molecule has 0 bridgehead atoms. The van der Waals surface area contributed by atoms with Gasteiger partial charge in [0.1, 0.15) is 17.2 Å². The predicted octanol–water partition coefficient (Wildman–Crippen LogP) is 5.06. The number of carbonyl (C=O) groups is 3. The van der Waals surface area contributed by atoms with Gasteiger partial charge in [0.2, 0.25) is 13.6 Å². The molecular formula is C31H26O8. The van der Waals surface area contributed by atoms with Crippen molar-refractivity contribution in [1.29, 1.82) is 0 Å². The SMILES string of the molecule is C=CC(=O)OCOc1ccc(C#CC(=O)Oc2ccc(-c3ccc(OCOC(=O)C=C)c(C)c3)cc2)cc1C. The summed E-state index contributed by atoms with van der Waals surface area (Å²) in [7, 11) is 0. The molecule has 3 rings (SSSR count). The highest BCUT2D eigenvalue weighted by molar-refractivity contribution is 5.91. The number of carbonyl (C=O) groups excluding carboxylic acids is 3. The fraction of sp³-hybridized carbons (Fsp3) is 0.129. The molecule has 8 nitrogen and oxygen atoms in total. The van der Waals surface area contributed by atoms with Crippen LogP contribution >= 0.6 is 0 Å². The molecule has 0 aliphatic rings.